The van der Waals surface area contributed by atoms with Gasteiger partial charge in [0.15, 0.2) is 0 Å². The summed E-state index contributed by atoms with van der Waals surface area (Å²) in [7, 11) is 2.00. The zero-order valence-electron chi connectivity index (χ0n) is 17.4. The number of rotatable bonds is 3. The van der Waals surface area contributed by atoms with E-state index < -0.39 is 11.9 Å². The fourth-order valence-corrected chi connectivity index (χ4v) is 4.42. The first-order chi connectivity index (χ1) is 14.9. The van der Waals surface area contributed by atoms with Gasteiger partial charge in [-0.15, -0.1) is 0 Å². The third kappa shape index (κ3) is 3.13. The lowest BCUT2D eigenvalue weighted by molar-refractivity contribution is -0.136. The monoisotopic (exact) mass is 414 g/mol. The van der Waals surface area contributed by atoms with E-state index in [0.29, 0.717) is 18.5 Å². The van der Waals surface area contributed by atoms with Crippen molar-refractivity contribution in [2.75, 3.05) is 0 Å². The van der Waals surface area contributed by atoms with Crippen molar-refractivity contribution in [1.82, 2.24) is 19.8 Å². The molecule has 156 valence electrons. The van der Waals surface area contributed by atoms with Crippen LogP contribution in [0.2, 0.25) is 0 Å². The van der Waals surface area contributed by atoms with Crippen molar-refractivity contribution in [2.24, 2.45) is 7.05 Å². The molecule has 2 aliphatic heterocycles. The number of imidazole rings is 1. The van der Waals surface area contributed by atoms with Gasteiger partial charge >= 0.3 is 0 Å². The van der Waals surface area contributed by atoms with E-state index in [0.717, 1.165) is 33.9 Å². The zero-order valence-corrected chi connectivity index (χ0v) is 17.4. The summed E-state index contributed by atoms with van der Waals surface area (Å²) in [5.74, 6) is 0.0341. The fraction of sp³-hybridized carbons (Fsp3) is 0.250. The summed E-state index contributed by atoms with van der Waals surface area (Å²) in [5, 5.41) is 2.34. The summed E-state index contributed by atoms with van der Waals surface area (Å²) in [5.41, 5.74) is 5.36. The molecule has 0 saturated carbocycles. The molecule has 0 bridgehead atoms. The van der Waals surface area contributed by atoms with Gasteiger partial charge in [0.2, 0.25) is 11.8 Å². The van der Waals surface area contributed by atoms with Crippen LogP contribution in [-0.4, -0.2) is 38.2 Å². The Labute approximate surface area is 179 Å². The minimum Gasteiger partial charge on any atom is -0.331 e. The van der Waals surface area contributed by atoms with Crippen molar-refractivity contribution < 1.29 is 14.4 Å². The molecular weight excluding hydrogens is 392 g/mol. The van der Waals surface area contributed by atoms with Crippen molar-refractivity contribution in [1.29, 1.82) is 0 Å². The van der Waals surface area contributed by atoms with Gasteiger partial charge in [-0.25, -0.2) is 4.98 Å². The average Bonchev–Trinajstić information content (AvgIpc) is 3.25. The van der Waals surface area contributed by atoms with E-state index in [9.17, 15) is 14.4 Å². The molecule has 1 N–H and O–H groups in total. The maximum Gasteiger partial charge on any atom is 0.255 e. The fourth-order valence-electron chi connectivity index (χ4n) is 4.42. The third-order valence-corrected chi connectivity index (χ3v) is 6.21. The highest BCUT2D eigenvalue weighted by Gasteiger charge is 2.39. The largest absolute Gasteiger partial charge is 0.331 e. The van der Waals surface area contributed by atoms with Gasteiger partial charge in [-0.2, -0.15) is 0 Å². The summed E-state index contributed by atoms with van der Waals surface area (Å²) in [4.78, 5) is 43.1. The summed E-state index contributed by atoms with van der Waals surface area (Å²) >= 11 is 0. The number of nitrogens with one attached hydrogen (secondary N) is 1. The molecule has 1 unspecified atom stereocenters. The molecule has 1 saturated heterocycles. The van der Waals surface area contributed by atoms with Gasteiger partial charge in [-0.1, -0.05) is 36.4 Å². The molecule has 1 atom stereocenters. The minimum atomic E-state index is -0.609. The number of carbonyl (C=O) groups is 3. The Hall–Kier alpha value is -3.74. The maximum atomic E-state index is 12.9. The van der Waals surface area contributed by atoms with Gasteiger partial charge in [0.1, 0.15) is 11.9 Å². The quantitative estimate of drug-likeness (QED) is 0.668. The summed E-state index contributed by atoms with van der Waals surface area (Å²) in [6.07, 6.45) is 0.605. The molecule has 2 aliphatic rings. The lowest BCUT2D eigenvalue weighted by Crippen LogP contribution is -2.52. The number of hydrogen-bond donors (Lipinski definition) is 1. The summed E-state index contributed by atoms with van der Waals surface area (Å²) in [6, 6.07) is 15.1. The van der Waals surface area contributed by atoms with Crippen LogP contribution < -0.4 is 5.32 Å². The Bertz CT molecular complexity index is 1230. The Morgan fingerprint density at radius 1 is 1.03 bits per heavy atom. The van der Waals surface area contributed by atoms with Crippen LogP contribution in [-0.2, 0) is 23.2 Å². The number of fused-ring (bicyclic) bond motifs is 1. The number of aromatic nitrogens is 2. The molecule has 5 rings (SSSR count). The molecule has 3 amide bonds. The van der Waals surface area contributed by atoms with E-state index in [1.807, 2.05) is 62.5 Å². The number of imide groups is 1. The van der Waals surface area contributed by atoms with Gasteiger partial charge < -0.3 is 9.47 Å². The van der Waals surface area contributed by atoms with E-state index >= 15 is 0 Å². The Morgan fingerprint density at radius 2 is 1.81 bits per heavy atom. The van der Waals surface area contributed by atoms with Gasteiger partial charge in [0.25, 0.3) is 5.91 Å². The van der Waals surface area contributed by atoms with E-state index in [1.165, 1.54) is 0 Å². The smallest absolute Gasteiger partial charge is 0.255 e. The van der Waals surface area contributed by atoms with Crippen molar-refractivity contribution in [2.45, 2.75) is 32.4 Å². The van der Waals surface area contributed by atoms with Crippen LogP contribution in [0.25, 0.3) is 22.6 Å². The molecule has 31 heavy (non-hydrogen) atoms. The Kier molecular flexibility index (Phi) is 4.46. The zero-order chi connectivity index (χ0) is 21.7. The minimum absolute atomic E-state index is 0.168. The van der Waals surface area contributed by atoms with E-state index in [1.54, 1.807) is 4.90 Å². The summed E-state index contributed by atoms with van der Waals surface area (Å²) < 4.78 is 2.07. The first-order valence-electron chi connectivity index (χ1n) is 10.3. The number of carbonyl (C=O) groups excluding carboxylic acids is 3. The molecule has 0 spiro atoms. The van der Waals surface area contributed by atoms with Crippen LogP contribution >= 0.6 is 0 Å². The number of amides is 3. The molecule has 1 aromatic heterocycles. The average molecular weight is 414 g/mol. The first-order valence-corrected chi connectivity index (χ1v) is 10.3. The van der Waals surface area contributed by atoms with Crippen molar-refractivity contribution in [3.8, 4) is 22.6 Å². The Morgan fingerprint density at radius 3 is 2.55 bits per heavy atom. The van der Waals surface area contributed by atoms with Gasteiger partial charge in [-0.05, 0) is 31.0 Å². The second-order valence-corrected chi connectivity index (χ2v) is 8.07. The molecular formula is C24H22N4O3. The first kappa shape index (κ1) is 19.2. The molecule has 0 radical (unpaired) electrons. The van der Waals surface area contributed by atoms with Crippen LogP contribution in [0.15, 0.2) is 48.5 Å². The molecule has 2 aromatic carbocycles. The Balaban J connectivity index is 1.48. The van der Waals surface area contributed by atoms with E-state index in [4.69, 9.17) is 4.98 Å². The highest BCUT2D eigenvalue weighted by molar-refractivity contribution is 6.05. The highest BCUT2D eigenvalue weighted by Crippen LogP contribution is 2.33. The van der Waals surface area contributed by atoms with Crippen molar-refractivity contribution >= 4 is 17.7 Å². The van der Waals surface area contributed by atoms with Gasteiger partial charge in [-0.3, -0.25) is 19.7 Å². The molecule has 3 heterocycles. The normalized spacial score (nSPS) is 18.3. The van der Waals surface area contributed by atoms with Crippen LogP contribution in [0.1, 0.15) is 34.5 Å². The third-order valence-electron chi connectivity index (χ3n) is 6.21. The van der Waals surface area contributed by atoms with Crippen LogP contribution in [0, 0.1) is 6.92 Å². The van der Waals surface area contributed by atoms with Crippen molar-refractivity contribution in [3.05, 3.63) is 65.4 Å². The maximum absolute atomic E-state index is 12.9. The number of benzene rings is 2. The second kappa shape index (κ2) is 7.19. The highest BCUT2D eigenvalue weighted by atomic mass is 16.2. The van der Waals surface area contributed by atoms with Crippen LogP contribution in [0.4, 0.5) is 0 Å². The molecule has 1 fully saturated rings. The number of nitrogens with zero attached hydrogens (tertiary/aromatic N) is 3. The van der Waals surface area contributed by atoms with Gasteiger partial charge in [0, 0.05) is 42.4 Å². The SMILES string of the molecule is Cc1c(-c2ccc3c(c2)CN(C2CCC(=O)NC2=O)C3=O)nc(-c2ccccc2)n1C. The molecule has 7 nitrogen and oxygen atoms in total. The van der Waals surface area contributed by atoms with Gasteiger partial charge in [0.05, 0.1) is 5.69 Å². The predicted molar refractivity (Wildman–Crippen MR) is 115 cm³/mol. The van der Waals surface area contributed by atoms with Crippen molar-refractivity contribution in [3.63, 3.8) is 0 Å². The second-order valence-electron chi connectivity index (χ2n) is 8.07. The summed E-state index contributed by atoms with van der Waals surface area (Å²) in [6.45, 7) is 2.38. The number of hydrogen-bond acceptors (Lipinski definition) is 4. The lowest BCUT2D eigenvalue weighted by atomic mass is 10.0. The van der Waals surface area contributed by atoms with E-state index in [-0.39, 0.29) is 18.2 Å². The molecule has 7 heteroatoms. The topological polar surface area (TPSA) is 84.3 Å². The predicted octanol–water partition coefficient (Wildman–Crippen LogP) is 2.82. The molecule has 3 aromatic rings. The van der Waals surface area contributed by atoms with E-state index in [2.05, 4.69) is 9.88 Å². The van der Waals surface area contributed by atoms with Crippen LogP contribution in [0.5, 0.6) is 0 Å². The van der Waals surface area contributed by atoms with Crippen LogP contribution in [0.3, 0.4) is 0 Å². The standard InChI is InChI=1S/C24H22N4O3/c1-14-21(26-22(27(14)2)15-6-4-3-5-7-15)16-8-9-18-17(12-16)13-28(24(18)31)19-10-11-20(29)25-23(19)30/h3-9,12,19H,10-11,13H2,1-2H3,(H,25,29,30). The number of piperidine rings is 1. The molecule has 0 aliphatic carbocycles. The lowest BCUT2D eigenvalue weighted by Gasteiger charge is -2.29.